The molecule has 0 radical (unpaired) electrons. The van der Waals surface area contributed by atoms with E-state index in [9.17, 15) is 0 Å². The van der Waals surface area contributed by atoms with Crippen molar-refractivity contribution in [2.75, 3.05) is 13.7 Å². The van der Waals surface area contributed by atoms with Gasteiger partial charge in [-0.1, -0.05) is 13.8 Å². The predicted octanol–water partition coefficient (Wildman–Crippen LogP) is 2.90. The summed E-state index contributed by atoms with van der Waals surface area (Å²) in [6.45, 7) is 10.1. The number of rotatable bonds is 6. The van der Waals surface area contributed by atoms with E-state index in [2.05, 4.69) is 31.1 Å². The second kappa shape index (κ2) is 6.33. The molecule has 1 rings (SSSR count). The molecule has 3 nitrogen and oxygen atoms in total. The Morgan fingerprint density at radius 1 is 1.44 bits per heavy atom. The molecule has 0 aromatic carbocycles. The van der Waals surface area contributed by atoms with Gasteiger partial charge in [0.2, 0.25) is 0 Å². The van der Waals surface area contributed by atoms with E-state index < -0.39 is 0 Å². The summed E-state index contributed by atoms with van der Waals surface area (Å²) in [7, 11) is 1.96. The van der Waals surface area contributed by atoms with Gasteiger partial charge < -0.3 is 10.1 Å². The van der Waals surface area contributed by atoms with Crippen molar-refractivity contribution in [3.63, 3.8) is 0 Å². The van der Waals surface area contributed by atoms with Crippen molar-refractivity contribution in [2.45, 2.75) is 40.3 Å². The molecule has 1 unspecified atom stereocenters. The fourth-order valence-electron chi connectivity index (χ4n) is 1.63. The highest BCUT2D eigenvalue weighted by Gasteiger charge is 2.20. The van der Waals surface area contributed by atoms with Crippen molar-refractivity contribution in [3.8, 4) is 0 Å². The SMILES string of the molecule is CCOC(c1nc(C)c(CNC)s1)C(C)C. The van der Waals surface area contributed by atoms with E-state index in [0.29, 0.717) is 5.92 Å². The molecule has 0 saturated carbocycles. The maximum Gasteiger partial charge on any atom is 0.122 e. The van der Waals surface area contributed by atoms with E-state index in [-0.39, 0.29) is 6.10 Å². The van der Waals surface area contributed by atoms with Crippen LogP contribution in [0.4, 0.5) is 0 Å². The van der Waals surface area contributed by atoms with Gasteiger partial charge in [-0.15, -0.1) is 11.3 Å². The zero-order valence-electron chi connectivity index (χ0n) is 10.8. The van der Waals surface area contributed by atoms with Crippen LogP contribution in [-0.4, -0.2) is 18.6 Å². The molecule has 1 aromatic rings. The standard InChI is InChI=1S/C12H22N2OS/c1-6-15-11(8(2)3)12-14-9(4)10(16-12)7-13-5/h8,11,13H,6-7H2,1-5H3. The smallest absolute Gasteiger partial charge is 0.122 e. The lowest BCUT2D eigenvalue weighted by molar-refractivity contribution is 0.0292. The molecule has 0 aliphatic heterocycles. The number of hydrogen-bond acceptors (Lipinski definition) is 4. The summed E-state index contributed by atoms with van der Waals surface area (Å²) in [6, 6.07) is 0. The van der Waals surface area contributed by atoms with Crippen molar-refractivity contribution in [2.24, 2.45) is 5.92 Å². The monoisotopic (exact) mass is 242 g/mol. The lowest BCUT2D eigenvalue weighted by Crippen LogP contribution is -2.10. The molecule has 92 valence electrons. The first-order valence-corrected chi connectivity index (χ1v) is 6.64. The summed E-state index contributed by atoms with van der Waals surface area (Å²) in [6.07, 6.45) is 0.138. The predicted molar refractivity (Wildman–Crippen MR) is 68.8 cm³/mol. The van der Waals surface area contributed by atoms with Crippen LogP contribution in [0.25, 0.3) is 0 Å². The minimum atomic E-state index is 0.138. The molecule has 0 saturated heterocycles. The second-order valence-electron chi connectivity index (χ2n) is 4.21. The molecule has 1 heterocycles. The van der Waals surface area contributed by atoms with Crippen LogP contribution >= 0.6 is 11.3 Å². The average Bonchev–Trinajstić information content (AvgIpc) is 2.57. The first-order valence-electron chi connectivity index (χ1n) is 5.82. The number of thiazole rings is 1. The van der Waals surface area contributed by atoms with Crippen LogP contribution < -0.4 is 5.32 Å². The fourth-order valence-corrected chi connectivity index (χ4v) is 2.93. The van der Waals surface area contributed by atoms with Crippen molar-refractivity contribution < 1.29 is 4.74 Å². The number of aryl methyl sites for hydroxylation is 1. The number of nitrogens with zero attached hydrogens (tertiary/aromatic N) is 1. The van der Waals surface area contributed by atoms with Gasteiger partial charge >= 0.3 is 0 Å². The van der Waals surface area contributed by atoms with Crippen molar-refractivity contribution in [1.82, 2.24) is 10.3 Å². The summed E-state index contributed by atoms with van der Waals surface area (Å²) < 4.78 is 5.76. The normalized spacial score (nSPS) is 13.4. The van der Waals surface area contributed by atoms with E-state index >= 15 is 0 Å². The molecule has 0 fully saturated rings. The van der Waals surface area contributed by atoms with Gasteiger partial charge in [0.1, 0.15) is 11.1 Å². The summed E-state index contributed by atoms with van der Waals surface area (Å²) in [4.78, 5) is 5.93. The van der Waals surface area contributed by atoms with Crippen molar-refractivity contribution in [3.05, 3.63) is 15.6 Å². The molecular weight excluding hydrogens is 220 g/mol. The Kier molecular flexibility index (Phi) is 5.38. The molecule has 4 heteroatoms. The van der Waals surface area contributed by atoms with Crippen LogP contribution in [0.15, 0.2) is 0 Å². The molecule has 0 aliphatic carbocycles. The molecule has 1 N–H and O–H groups in total. The van der Waals surface area contributed by atoms with Crippen LogP contribution in [0, 0.1) is 12.8 Å². The van der Waals surface area contributed by atoms with Crippen molar-refractivity contribution >= 4 is 11.3 Å². The van der Waals surface area contributed by atoms with Gasteiger partial charge in [-0.2, -0.15) is 0 Å². The number of ether oxygens (including phenoxy) is 1. The molecule has 0 spiro atoms. The Labute approximate surface area is 102 Å². The largest absolute Gasteiger partial charge is 0.371 e. The summed E-state index contributed by atoms with van der Waals surface area (Å²) >= 11 is 1.76. The van der Waals surface area contributed by atoms with E-state index in [1.165, 1.54) is 4.88 Å². The maximum absolute atomic E-state index is 5.76. The van der Waals surface area contributed by atoms with Gasteiger partial charge in [-0.05, 0) is 26.8 Å². The number of hydrogen-bond donors (Lipinski definition) is 1. The lowest BCUT2D eigenvalue weighted by Gasteiger charge is -2.18. The zero-order chi connectivity index (χ0) is 12.1. The van der Waals surface area contributed by atoms with E-state index in [1.54, 1.807) is 11.3 Å². The second-order valence-corrected chi connectivity index (χ2v) is 5.33. The molecule has 16 heavy (non-hydrogen) atoms. The third-order valence-electron chi connectivity index (χ3n) is 2.44. The third kappa shape index (κ3) is 3.27. The Hall–Kier alpha value is -0.450. The molecule has 0 amide bonds. The Morgan fingerprint density at radius 3 is 2.62 bits per heavy atom. The first-order chi connectivity index (χ1) is 7.60. The van der Waals surface area contributed by atoms with E-state index in [1.807, 2.05) is 14.0 Å². The lowest BCUT2D eigenvalue weighted by atomic mass is 10.1. The first kappa shape index (κ1) is 13.6. The summed E-state index contributed by atoms with van der Waals surface area (Å²) in [5, 5.41) is 4.28. The number of nitrogens with one attached hydrogen (secondary N) is 1. The molecule has 1 aromatic heterocycles. The highest BCUT2D eigenvalue weighted by Crippen LogP contribution is 2.31. The van der Waals surface area contributed by atoms with Gasteiger partial charge in [0, 0.05) is 18.0 Å². The third-order valence-corrected chi connectivity index (χ3v) is 3.66. The average molecular weight is 242 g/mol. The summed E-state index contributed by atoms with van der Waals surface area (Å²) in [5.41, 5.74) is 1.12. The van der Waals surface area contributed by atoms with Crippen LogP contribution in [0.3, 0.4) is 0 Å². The van der Waals surface area contributed by atoms with E-state index in [0.717, 1.165) is 23.9 Å². The van der Waals surface area contributed by atoms with Gasteiger partial charge in [0.15, 0.2) is 0 Å². The van der Waals surface area contributed by atoms with Gasteiger partial charge in [-0.25, -0.2) is 4.98 Å². The Balaban J connectivity index is 2.88. The van der Waals surface area contributed by atoms with Crippen molar-refractivity contribution in [1.29, 1.82) is 0 Å². The minimum Gasteiger partial charge on any atom is -0.371 e. The summed E-state index contributed by atoms with van der Waals surface area (Å²) in [5.74, 6) is 0.466. The topological polar surface area (TPSA) is 34.1 Å². The maximum atomic E-state index is 5.76. The van der Waals surface area contributed by atoms with Crippen LogP contribution in [0.5, 0.6) is 0 Å². The molecular formula is C12H22N2OS. The molecule has 0 aliphatic rings. The van der Waals surface area contributed by atoms with Gasteiger partial charge in [-0.3, -0.25) is 0 Å². The van der Waals surface area contributed by atoms with Gasteiger partial charge in [0.05, 0.1) is 5.69 Å². The number of aromatic nitrogens is 1. The molecule has 1 atom stereocenters. The van der Waals surface area contributed by atoms with Crippen LogP contribution in [0.2, 0.25) is 0 Å². The Morgan fingerprint density at radius 2 is 2.12 bits per heavy atom. The van der Waals surface area contributed by atoms with Gasteiger partial charge in [0.25, 0.3) is 0 Å². The fraction of sp³-hybridized carbons (Fsp3) is 0.750. The zero-order valence-corrected chi connectivity index (χ0v) is 11.6. The Bertz CT molecular complexity index is 323. The van der Waals surface area contributed by atoms with Crippen LogP contribution in [-0.2, 0) is 11.3 Å². The highest BCUT2D eigenvalue weighted by atomic mass is 32.1. The van der Waals surface area contributed by atoms with E-state index in [4.69, 9.17) is 4.74 Å². The quantitative estimate of drug-likeness (QED) is 0.833. The highest BCUT2D eigenvalue weighted by molar-refractivity contribution is 7.11. The minimum absolute atomic E-state index is 0.138. The molecule has 0 bridgehead atoms. The van der Waals surface area contributed by atoms with Crippen LogP contribution in [0.1, 0.15) is 42.5 Å².